The Kier molecular flexibility index (Phi) is 2.87. The molecular weight excluding hydrogens is 253 g/mol. The molecule has 1 aromatic rings. The van der Waals surface area contributed by atoms with E-state index in [1.165, 1.54) is 12.5 Å². The van der Waals surface area contributed by atoms with Gasteiger partial charge in [0, 0.05) is 24.5 Å². The average Bonchev–Trinajstić information content (AvgIpc) is 2.87. The Bertz CT molecular complexity index is 472. The zero-order chi connectivity index (χ0) is 13.6. The molecule has 1 saturated carbocycles. The first-order valence-electron chi connectivity index (χ1n) is 6.67. The van der Waals surface area contributed by atoms with Gasteiger partial charge in [-0.1, -0.05) is 6.42 Å². The molecule has 1 aliphatic carbocycles. The first-order chi connectivity index (χ1) is 8.95. The third kappa shape index (κ3) is 2.26. The van der Waals surface area contributed by atoms with Crippen LogP contribution in [-0.2, 0) is 6.18 Å². The molecule has 2 unspecified atom stereocenters. The van der Waals surface area contributed by atoms with E-state index in [2.05, 4.69) is 0 Å². The van der Waals surface area contributed by atoms with Crippen LogP contribution in [0.15, 0.2) is 18.2 Å². The lowest BCUT2D eigenvalue weighted by Gasteiger charge is -2.24. The van der Waals surface area contributed by atoms with Gasteiger partial charge in [-0.2, -0.15) is 13.2 Å². The van der Waals surface area contributed by atoms with Crippen LogP contribution in [0.1, 0.15) is 24.8 Å². The predicted molar refractivity (Wildman–Crippen MR) is 68.9 cm³/mol. The molecule has 104 valence electrons. The number of nitrogens with two attached hydrogens (primary N) is 1. The number of rotatable bonds is 1. The molecule has 1 aromatic carbocycles. The van der Waals surface area contributed by atoms with Gasteiger partial charge in [-0.3, -0.25) is 0 Å². The second-order valence-corrected chi connectivity index (χ2v) is 5.63. The van der Waals surface area contributed by atoms with E-state index < -0.39 is 11.7 Å². The molecule has 2 atom stereocenters. The van der Waals surface area contributed by atoms with Gasteiger partial charge >= 0.3 is 6.18 Å². The molecule has 0 radical (unpaired) electrons. The van der Waals surface area contributed by atoms with Crippen LogP contribution in [0.2, 0.25) is 0 Å². The standard InChI is InChI=1S/C14H17F3N2/c15-14(16,17)12-6-11(18)4-5-13(12)19-7-9-2-1-3-10(9)8-19/h4-6,9-10H,1-3,7-8,18H2. The number of hydrogen-bond acceptors (Lipinski definition) is 2. The second-order valence-electron chi connectivity index (χ2n) is 5.63. The average molecular weight is 270 g/mol. The summed E-state index contributed by atoms with van der Waals surface area (Å²) in [6.45, 7) is 1.50. The number of hydrogen-bond donors (Lipinski definition) is 1. The van der Waals surface area contributed by atoms with Gasteiger partial charge in [0.05, 0.1) is 5.56 Å². The van der Waals surface area contributed by atoms with Gasteiger partial charge in [-0.15, -0.1) is 0 Å². The van der Waals surface area contributed by atoms with Crippen molar-refractivity contribution in [2.75, 3.05) is 23.7 Å². The Labute approximate surface area is 110 Å². The number of halogens is 3. The summed E-state index contributed by atoms with van der Waals surface area (Å²) in [4.78, 5) is 1.89. The molecular formula is C14H17F3N2. The van der Waals surface area contributed by atoms with Gasteiger partial charge in [-0.25, -0.2) is 0 Å². The van der Waals surface area contributed by atoms with E-state index in [9.17, 15) is 13.2 Å². The van der Waals surface area contributed by atoms with Crippen molar-refractivity contribution in [3.63, 3.8) is 0 Å². The summed E-state index contributed by atoms with van der Waals surface area (Å²) in [5.74, 6) is 1.14. The van der Waals surface area contributed by atoms with Crippen molar-refractivity contribution < 1.29 is 13.2 Å². The summed E-state index contributed by atoms with van der Waals surface area (Å²) in [5, 5.41) is 0. The van der Waals surface area contributed by atoms with Crippen LogP contribution >= 0.6 is 0 Å². The van der Waals surface area contributed by atoms with Crippen LogP contribution < -0.4 is 10.6 Å². The fourth-order valence-corrected chi connectivity index (χ4v) is 3.49. The summed E-state index contributed by atoms with van der Waals surface area (Å²) in [6.07, 6.45) is -0.825. The molecule has 0 bridgehead atoms. The molecule has 0 spiro atoms. The van der Waals surface area contributed by atoms with Crippen molar-refractivity contribution in [3.05, 3.63) is 23.8 Å². The van der Waals surface area contributed by atoms with Crippen molar-refractivity contribution in [3.8, 4) is 0 Å². The lowest BCUT2D eigenvalue weighted by Crippen LogP contribution is -2.24. The second kappa shape index (κ2) is 4.32. The number of nitrogen functional groups attached to an aromatic ring is 1. The number of benzene rings is 1. The quantitative estimate of drug-likeness (QED) is 0.791. The maximum Gasteiger partial charge on any atom is 0.418 e. The smallest absolute Gasteiger partial charge is 0.399 e. The fourth-order valence-electron chi connectivity index (χ4n) is 3.49. The Morgan fingerprint density at radius 1 is 1.11 bits per heavy atom. The van der Waals surface area contributed by atoms with E-state index >= 15 is 0 Å². The van der Waals surface area contributed by atoms with E-state index in [1.807, 2.05) is 4.90 Å². The van der Waals surface area contributed by atoms with Crippen LogP contribution in [-0.4, -0.2) is 13.1 Å². The fraction of sp³-hybridized carbons (Fsp3) is 0.571. The van der Waals surface area contributed by atoms with E-state index in [1.54, 1.807) is 6.07 Å². The summed E-state index contributed by atoms with van der Waals surface area (Å²) < 4.78 is 39.3. The molecule has 2 fully saturated rings. The van der Waals surface area contributed by atoms with Crippen LogP contribution in [0.3, 0.4) is 0 Å². The first-order valence-corrected chi connectivity index (χ1v) is 6.67. The van der Waals surface area contributed by atoms with Crippen LogP contribution in [0, 0.1) is 11.8 Å². The zero-order valence-corrected chi connectivity index (χ0v) is 10.6. The van der Waals surface area contributed by atoms with Gasteiger partial charge in [0.15, 0.2) is 0 Å². The molecule has 1 heterocycles. The van der Waals surface area contributed by atoms with E-state index in [0.29, 0.717) is 11.8 Å². The summed E-state index contributed by atoms with van der Waals surface area (Å²) in [7, 11) is 0. The third-order valence-corrected chi connectivity index (χ3v) is 4.39. The number of nitrogens with zero attached hydrogens (tertiary/aromatic N) is 1. The van der Waals surface area contributed by atoms with Crippen molar-refractivity contribution in [1.82, 2.24) is 0 Å². The summed E-state index contributed by atoms with van der Waals surface area (Å²) in [6, 6.07) is 4.11. The van der Waals surface area contributed by atoms with Gasteiger partial charge in [0.25, 0.3) is 0 Å². The highest BCUT2D eigenvalue weighted by Crippen LogP contribution is 2.43. The number of fused-ring (bicyclic) bond motifs is 1. The van der Waals surface area contributed by atoms with Crippen LogP contribution in [0.4, 0.5) is 24.5 Å². The molecule has 0 amide bonds. The topological polar surface area (TPSA) is 29.3 Å². The van der Waals surface area contributed by atoms with Crippen molar-refractivity contribution in [2.45, 2.75) is 25.4 Å². The maximum absolute atomic E-state index is 13.1. The summed E-state index contributed by atoms with van der Waals surface area (Å²) >= 11 is 0. The van der Waals surface area contributed by atoms with Gasteiger partial charge in [0.1, 0.15) is 0 Å². The van der Waals surface area contributed by atoms with Crippen LogP contribution in [0.25, 0.3) is 0 Å². The van der Waals surface area contributed by atoms with Crippen LogP contribution in [0.5, 0.6) is 0 Å². The van der Waals surface area contributed by atoms with Crippen molar-refractivity contribution >= 4 is 11.4 Å². The van der Waals surface area contributed by atoms with Gasteiger partial charge in [0.2, 0.25) is 0 Å². The van der Waals surface area contributed by atoms with E-state index in [0.717, 1.165) is 32.0 Å². The minimum absolute atomic E-state index is 0.162. The molecule has 3 rings (SSSR count). The number of alkyl halides is 3. The predicted octanol–water partition coefficient (Wildman–Crippen LogP) is 3.52. The Balaban J connectivity index is 1.93. The maximum atomic E-state index is 13.1. The lowest BCUT2D eigenvalue weighted by molar-refractivity contribution is -0.137. The molecule has 2 N–H and O–H groups in total. The van der Waals surface area contributed by atoms with E-state index in [4.69, 9.17) is 5.73 Å². The highest BCUT2D eigenvalue weighted by Gasteiger charge is 2.40. The minimum Gasteiger partial charge on any atom is -0.399 e. The lowest BCUT2D eigenvalue weighted by atomic mass is 10.0. The Morgan fingerprint density at radius 2 is 1.74 bits per heavy atom. The highest BCUT2D eigenvalue weighted by atomic mass is 19.4. The van der Waals surface area contributed by atoms with E-state index in [-0.39, 0.29) is 11.4 Å². The Hall–Kier alpha value is -1.39. The molecule has 1 aliphatic heterocycles. The molecule has 19 heavy (non-hydrogen) atoms. The first kappa shape index (κ1) is 12.6. The largest absolute Gasteiger partial charge is 0.418 e. The van der Waals surface area contributed by atoms with Crippen molar-refractivity contribution in [2.24, 2.45) is 11.8 Å². The zero-order valence-electron chi connectivity index (χ0n) is 10.6. The molecule has 5 heteroatoms. The van der Waals surface area contributed by atoms with Crippen molar-refractivity contribution in [1.29, 1.82) is 0 Å². The third-order valence-electron chi connectivity index (χ3n) is 4.39. The monoisotopic (exact) mass is 270 g/mol. The normalized spacial score (nSPS) is 26.8. The minimum atomic E-state index is -4.34. The van der Waals surface area contributed by atoms with Gasteiger partial charge < -0.3 is 10.6 Å². The molecule has 0 aromatic heterocycles. The van der Waals surface area contributed by atoms with Gasteiger partial charge in [-0.05, 0) is 42.9 Å². The Morgan fingerprint density at radius 3 is 2.32 bits per heavy atom. The molecule has 2 nitrogen and oxygen atoms in total. The number of anilines is 2. The molecule has 1 saturated heterocycles. The SMILES string of the molecule is Nc1ccc(N2CC3CCCC3C2)c(C(F)(F)F)c1. The molecule has 2 aliphatic rings. The summed E-state index contributed by atoms with van der Waals surface area (Å²) in [5.41, 5.74) is 5.34. The highest BCUT2D eigenvalue weighted by molar-refractivity contribution is 5.61.